The van der Waals surface area contributed by atoms with Gasteiger partial charge in [-0.25, -0.2) is 0 Å². The maximum atomic E-state index is 10.7. The van der Waals surface area contributed by atoms with Crippen molar-refractivity contribution in [2.24, 2.45) is 0 Å². The third kappa shape index (κ3) is 5.13. The molecule has 6 heteroatoms. The van der Waals surface area contributed by atoms with E-state index in [4.69, 9.17) is 18.9 Å². The minimum absolute atomic E-state index is 0.267. The quantitative estimate of drug-likeness (QED) is 0.735. The van der Waals surface area contributed by atoms with Gasteiger partial charge in [0.15, 0.2) is 6.29 Å². The molecule has 146 valence electrons. The number of rotatable bonds is 8. The molecule has 1 aliphatic heterocycles. The summed E-state index contributed by atoms with van der Waals surface area (Å²) in [6, 6.07) is 19.4. The maximum Gasteiger partial charge on any atom is 0.186 e. The van der Waals surface area contributed by atoms with Crippen molar-refractivity contribution in [3.8, 4) is 0 Å². The molecule has 0 saturated carbocycles. The van der Waals surface area contributed by atoms with Crippen LogP contribution in [0.4, 0.5) is 0 Å². The first-order valence-corrected chi connectivity index (χ1v) is 9.01. The van der Waals surface area contributed by atoms with Crippen molar-refractivity contribution < 1.29 is 29.2 Å². The number of hydrogen-bond acceptors (Lipinski definition) is 6. The molecule has 0 aromatic heterocycles. The lowest BCUT2D eigenvalue weighted by Crippen LogP contribution is -2.60. The van der Waals surface area contributed by atoms with E-state index in [0.717, 1.165) is 11.1 Å². The molecule has 0 aliphatic carbocycles. The van der Waals surface area contributed by atoms with Crippen molar-refractivity contribution in [3.05, 3.63) is 71.8 Å². The number of methoxy groups -OCH3 is 1. The minimum Gasteiger partial charge on any atom is -0.394 e. The van der Waals surface area contributed by atoms with Gasteiger partial charge < -0.3 is 29.2 Å². The molecule has 5 unspecified atom stereocenters. The average molecular weight is 374 g/mol. The van der Waals surface area contributed by atoms with Gasteiger partial charge in [-0.2, -0.15) is 0 Å². The second-order valence-electron chi connectivity index (χ2n) is 6.47. The molecule has 0 bridgehead atoms. The number of aliphatic hydroxyl groups is 2. The summed E-state index contributed by atoms with van der Waals surface area (Å²) in [5.74, 6) is 0. The lowest BCUT2D eigenvalue weighted by atomic mass is 9.98. The largest absolute Gasteiger partial charge is 0.394 e. The summed E-state index contributed by atoms with van der Waals surface area (Å²) in [4.78, 5) is 0. The lowest BCUT2D eigenvalue weighted by molar-refractivity contribution is -0.311. The second kappa shape index (κ2) is 9.94. The van der Waals surface area contributed by atoms with Crippen LogP contribution in [-0.2, 0) is 32.2 Å². The van der Waals surface area contributed by atoms with Gasteiger partial charge in [0.1, 0.15) is 24.4 Å². The van der Waals surface area contributed by atoms with E-state index >= 15 is 0 Å². The maximum absolute atomic E-state index is 10.7. The monoisotopic (exact) mass is 374 g/mol. The van der Waals surface area contributed by atoms with E-state index in [1.54, 1.807) is 0 Å². The van der Waals surface area contributed by atoms with Crippen molar-refractivity contribution in [3.63, 3.8) is 0 Å². The Morgan fingerprint density at radius 3 is 1.85 bits per heavy atom. The Balaban J connectivity index is 1.73. The summed E-state index contributed by atoms with van der Waals surface area (Å²) in [5.41, 5.74) is 1.96. The minimum atomic E-state index is -1.04. The second-order valence-corrected chi connectivity index (χ2v) is 6.47. The van der Waals surface area contributed by atoms with E-state index < -0.39 is 30.7 Å². The highest BCUT2D eigenvalue weighted by atomic mass is 16.7. The summed E-state index contributed by atoms with van der Waals surface area (Å²) >= 11 is 0. The SMILES string of the molecule is COC1OC(CO)C(OCc2ccccc2)C(OCc2ccccc2)C1O. The van der Waals surface area contributed by atoms with Gasteiger partial charge in [-0.15, -0.1) is 0 Å². The van der Waals surface area contributed by atoms with Gasteiger partial charge in [-0.05, 0) is 11.1 Å². The van der Waals surface area contributed by atoms with Gasteiger partial charge in [0, 0.05) is 7.11 Å². The van der Waals surface area contributed by atoms with Crippen LogP contribution in [0.5, 0.6) is 0 Å². The van der Waals surface area contributed by atoms with Gasteiger partial charge in [0.2, 0.25) is 0 Å². The van der Waals surface area contributed by atoms with Crippen LogP contribution < -0.4 is 0 Å². The normalized spacial score (nSPS) is 28.2. The van der Waals surface area contributed by atoms with Crippen LogP contribution in [-0.4, -0.2) is 54.6 Å². The van der Waals surface area contributed by atoms with E-state index in [1.807, 2.05) is 60.7 Å². The summed E-state index contributed by atoms with van der Waals surface area (Å²) in [5, 5.41) is 20.4. The van der Waals surface area contributed by atoms with Crippen LogP contribution >= 0.6 is 0 Å². The first kappa shape index (κ1) is 19.9. The first-order valence-electron chi connectivity index (χ1n) is 9.01. The highest BCUT2D eigenvalue weighted by Crippen LogP contribution is 2.28. The summed E-state index contributed by atoms with van der Waals surface area (Å²) in [6.07, 6.45) is -3.94. The zero-order chi connectivity index (χ0) is 19.1. The Morgan fingerprint density at radius 2 is 1.37 bits per heavy atom. The molecule has 1 saturated heterocycles. The third-order valence-electron chi connectivity index (χ3n) is 4.60. The van der Waals surface area contributed by atoms with E-state index in [-0.39, 0.29) is 6.61 Å². The Hall–Kier alpha value is -1.80. The van der Waals surface area contributed by atoms with Crippen LogP contribution in [0.3, 0.4) is 0 Å². The number of hydrogen-bond donors (Lipinski definition) is 2. The zero-order valence-electron chi connectivity index (χ0n) is 15.3. The molecular formula is C21H26O6. The Morgan fingerprint density at radius 1 is 0.852 bits per heavy atom. The topological polar surface area (TPSA) is 77.4 Å². The predicted octanol–water partition coefficient (Wildman–Crippen LogP) is 1.88. The number of ether oxygens (including phenoxy) is 4. The third-order valence-corrected chi connectivity index (χ3v) is 4.60. The highest BCUT2D eigenvalue weighted by molar-refractivity contribution is 5.14. The molecule has 0 amide bonds. The molecular weight excluding hydrogens is 348 g/mol. The smallest absolute Gasteiger partial charge is 0.186 e. The molecule has 2 aromatic rings. The van der Waals surface area contributed by atoms with E-state index in [9.17, 15) is 10.2 Å². The highest BCUT2D eigenvalue weighted by Gasteiger charge is 2.46. The van der Waals surface area contributed by atoms with Gasteiger partial charge in [0.25, 0.3) is 0 Å². The van der Waals surface area contributed by atoms with Gasteiger partial charge in [0.05, 0.1) is 19.8 Å². The van der Waals surface area contributed by atoms with E-state index in [2.05, 4.69) is 0 Å². The fourth-order valence-corrected chi connectivity index (χ4v) is 3.16. The molecule has 3 rings (SSSR count). The number of aliphatic hydroxyl groups excluding tert-OH is 2. The summed E-state index contributed by atoms with van der Waals surface area (Å²) in [7, 11) is 1.45. The van der Waals surface area contributed by atoms with Crippen LogP contribution in [0.1, 0.15) is 11.1 Å². The van der Waals surface area contributed by atoms with Gasteiger partial charge >= 0.3 is 0 Å². The summed E-state index contributed by atoms with van der Waals surface area (Å²) in [6.45, 7) is 0.362. The fourth-order valence-electron chi connectivity index (χ4n) is 3.16. The zero-order valence-corrected chi connectivity index (χ0v) is 15.3. The van der Waals surface area contributed by atoms with Crippen molar-refractivity contribution >= 4 is 0 Å². The average Bonchev–Trinajstić information content (AvgIpc) is 2.73. The van der Waals surface area contributed by atoms with Crippen LogP contribution in [0, 0.1) is 0 Å². The molecule has 5 atom stereocenters. The number of benzene rings is 2. The predicted molar refractivity (Wildman–Crippen MR) is 98.8 cm³/mol. The van der Waals surface area contributed by atoms with Crippen LogP contribution in [0.15, 0.2) is 60.7 Å². The molecule has 1 fully saturated rings. The van der Waals surface area contributed by atoms with Crippen molar-refractivity contribution in [2.75, 3.05) is 13.7 Å². The van der Waals surface area contributed by atoms with Crippen molar-refractivity contribution in [1.29, 1.82) is 0 Å². The van der Waals surface area contributed by atoms with Crippen LogP contribution in [0.25, 0.3) is 0 Å². The molecule has 27 heavy (non-hydrogen) atoms. The Bertz CT molecular complexity index is 665. The van der Waals surface area contributed by atoms with Crippen LogP contribution in [0.2, 0.25) is 0 Å². The van der Waals surface area contributed by atoms with E-state index in [0.29, 0.717) is 13.2 Å². The Kier molecular flexibility index (Phi) is 7.34. The molecule has 0 radical (unpaired) electrons. The molecule has 2 aromatic carbocycles. The molecule has 0 spiro atoms. The van der Waals surface area contributed by atoms with E-state index in [1.165, 1.54) is 7.11 Å². The summed E-state index contributed by atoms with van der Waals surface area (Å²) < 4.78 is 22.9. The van der Waals surface area contributed by atoms with Crippen molar-refractivity contribution in [1.82, 2.24) is 0 Å². The first-order chi connectivity index (χ1) is 13.2. The standard InChI is InChI=1S/C21H26O6/c1-24-21-18(23)20(26-14-16-10-6-3-7-11-16)19(17(12-22)27-21)25-13-15-8-4-2-5-9-15/h2-11,17-23H,12-14H2,1H3. The fraction of sp³-hybridized carbons (Fsp3) is 0.429. The molecule has 1 aliphatic rings. The van der Waals surface area contributed by atoms with Gasteiger partial charge in [-0.1, -0.05) is 60.7 Å². The lowest BCUT2D eigenvalue weighted by Gasteiger charge is -2.43. The molecule has 2 N–H and O–H groups in total. The Labute approximate surface area is 159 Å². The van der Waals surface area contributed by atoms with Gasteiger partial charge in [-0.3, -0.25) is 0 Å². The molecule has 1 heterocycles. The van der Waals surface area contributed by atoms with Crippen molar-refractivity contribution in [2.45, 2.75) is 43.9 Å². The molecule has 6 nitrogen and oxygen atoms in total.